The molecule has 0 saturated carbocycles. The van der Waals surface area contributed by atoms with Gasteiger partial charge in [0.1, 0.15) is 11.2 Å². The van der Waals surface area contributed by atoms with Crippen LogP contribution in [0.4, 0.5) is 18.0 Å². The van der Waals surface area contributed by atoms with E-state index in [1.807, 2.05) is 0 Å². The highest BCUT2D eigenvalue weighted by Crippen LogP contribution is 2.51. The second-order valence-electron chi connectivity index (χ2n) is 9.57. The summed E-state index contributed by atoms with van der Waals surface area (Å²) in [7, 11) is 0. The van der Waals surface area contributed by atoms with Crippen molar-refractivity contribution in [3.05, 3.63) is 70.8 Å². The number of halogens is 3. The minimum Gasteiger partial charge on any atom is -0.478 e. The van der Waals surface area contributed by atoms with Crippen LogP contribution in [-0.2, 0) is 16.5 Å². The summed E-state index contributed by atoms with van der Waals surface area (Å²) in [5.74, 6) is -1.21. The third-order valence-corrected chi connectivity index (χ3v) is 5.76. The highest BCUT2D eigenvalue weighted by molar-refractivity contribution is 5.87. The highest BCUT2D eigenvalue weighted by atomic mass is 19.4. The number of benzene rings is 2. The van der Waals surface area contributed by atoms with Gasteiger partial charge in [0.25, 0.3) is 0 Å². The molecule has 0 bridgehead atoms. The number of hydrogen-bond acceptors (Lipinski definition) is 4. The summed E-state index contributed by atoms with van der Waals surface area (Å²) in [6.07, 6.45) is -5.12. The summed E-state index contributed by atoms with van der Waals surface area (Å²) in [5.41, 5.74) is -4.21. The van der Waals surface area contributed by atoms with E-state index in [-0.39, 0.29) is 29.8 Å². The molecule has 1 atom stereocenters. The number of likely N-dealkylation sites (tertiary alicyclic amines) is 1. The molecule has 1 amide bonds. The fourth-order valence-electron chi connectivity index (χ4n) is 4.12. The zero-order valence-electron chi connectivity index (χ0n) is 18.7. The molecule has 0 unspecified atom stereocenters. The van der Waals surface area contributed by atoms with Gasteiger partial charge in [-0.05, 0) is 56.2 Å². The van der Waals surface area contributed by atoms with Gasteiger partial charge in [0.15, 0.2) is 0 Å². The van der Waals surface area contributed by atoms with Gasteiger partial charge in [-0.25, -0.2) is 9.59 Å². The zero-order valence-corrected chi connectivity index (χ0v) is 18.7. The number of nitrogens with zero attached hydrogens (tertiary/aromatic N) is 1. The van der Waals surface area contributed by atoms with Gasteiger partial charge in [-0.3, -0.25) is 0 Å². The molecule has 1 fully saturated rings. The van der Waals surface area contributed by atoms with Gasteiger partial charge in [-0.2, -0.15) is 13.2 Å². The summed E-state index contributed by atoms with van der Waals surface area (Å²) in [6.45, 7) is 6.96. The third kappa shape index (κ3) is 4.68. The average Bonchev–Trinajstić information content (AvgIpc) is 2.69. The minimum absolute atomic E-state index is 0.0523. The number of alkyl halides is 3. The number of carboxylic acids is 1. The number of carbonyl (C=O) groups excluding carboxylic acids is 1. The second kappa shape index (κ2) is 8.06. The van der Waals surface area contributed by atoms with Crippen molar-refractivity contribution in [2.75, 3.05) is 13.1 Å². The molecule has 3 rings (SSSR count). The first-order chi connectivity index (χ1) is 15.1. The first-order valence-corrected chi connectivity index (χ1v) is 10.3. The Labute approximate surface area is 189 Å². The van der Waals surface area contributed by atoms with Crippen molar-refractivity contribution in [2.45, 2.75) is 45.1 Å². The molecule has 0 spiro atoms. The van der Waals surface area contributed by atoms with Crippen molar-refractivity contribution in [1.29, 1.82) is 0 Å². The number of carbonyl (C=O) groups is 2. The lowest BCUT2D eigenvalue weighted by atomic mass is 9.61. The van der Waals surface area contributed by atoms with Gasteiger partial charge in [0.05, 0.1) is 11.1 Å². The van der Waals surface area contributed by atoms with Gasteiger partial charge in [0.2, 0.25) is 0 Å². The van der Waals surface area contributed by atoms with Gasteiger partial charge in [-0.1, -0.05) is 31.2 Å². The molecule has 9 heteroatoms. The van der Waals surface area contributed by atoms with Gasteiger partial charge >= 0.3 is 18.2 Å². The number of carboxylic acid groups (broad SMARTS) is 1. The van der Waals surface area contributed by atoms with Crippen LogP contribution in [0.1, 0.15) is 54.7 Å². The molecule has 2 aromatic carbocycles. The molecule has 33 heavy (non-hydrogen) atoms. The molecule has 2 aromatic rings. The standard InChI is InChI=1S/C24H26F3NO5/c1-21(2,3)33-20(31)28-13-22(4,14-28)23(32,18-7-5-6-15(12-18)19(29)30)16-8-10-17(11-9-16)24(25,26)27/h5-12,32H,13-14H2,1-4H3,(H,29,30)/t23-/m0/s1. The zero-order chi connectivity index (χ0) is 24.8. The van der Waals surface area contributed by atoms with Crippen molar-refractivity contribution in [3.8, 4) is 0 Å². The van der Waals surface area contributed by atoms with Crippen LogP contribution >= 0.6 is 0 Å². The smallest absolute Gasteiger partial charge is 0.416 e. The molecule has 1 heterocycles. The van der Waals surface area contributed by atoms with Crippen molar-refractivity contribution >= 4 is 12.1 Å². The predicted molar refractivity (Wildman–Crippen MR) is 114 cm³/mol. The van der Waals surface area contributed by atoms with Crippen LogP contribution in [0.3, 0.4) is 0 Å². The van der Waals surface area contributed by atoms with Crippen molar-refractivity contribution in [1.82, 2.24) is 4.90 Å². The highest BCUT2D eigenvalue weighted by Gasteiger charge is 2.58. The van der Waals surface area contributed by atoms with E-state index in [1.165, 1.54) is 41.3 Å². The van der Waals surface area contributed by atoms with Crippen molar-refractivity contribution in [2.24, 2.45) is 5.41 Å². The molecule has 2 N–H and O–H groups in total. The molecule has 6 nitrogen and oxygen atoms in total. The van der Waals surface area contributed by atoms with Crippen LogP contribution in [0, 0.1) is 5.41 Å². The largest absolute Gasteiger partial charge is 0.478 e. The summed E-state index contributed by atoms with van der Waals surface area (Å²) < 4.78 is 44.6. The lowest BCUT2D eigenvalue weighted by Crippen LogP contribution is -2.66. The van der Waals surface area contributed by atoms with Crippen molar-refractivity contribution < 1.29 is 37.7 Å². The Morgan fingerprint density at radius 1 is 0.970 bits per heavy atom. The summed E-state index contributed by atoms with van der Waals surface area (Å²) in [4.78, 5) is 25.3. The lowest BCUT2D eigenvalue weighted by Gasteiger charge is -2.56. The molecule has 0 radical (unpaired) electrons. The molecular weight excluding hydrogens is 439 g/mol. The monoisotopic (exact) mass is 465 g/mol. The SMILES string of the molecule is CC(C)(C)OC(=O)N1CC(C)([C@](O)(c2ccc(C(F)(F)F)cc2)c2cccc(C(=O)O)c2)C1. The number of amides is 1. The minimum atomic E-state index is -4.55. The number of aromatic carboxylic acids is 1. The van der Waals surface area contributed by atoms with E-state index in [9.17, 15) is 33.0 Å². The van der Waals surface area contributed by atoms with Crippen LogP contribution in [0.25, 0.3) is 0 Å². The number of ether oxygens (including phenoxy) is 1. The van der Waals surface area contributed by atoms with Gasteiger partial charge in [0, 0.05) is 18.5 Å². The van der Waals surface area contributed by atoms with E-state index in [0.29, 0.717) is 0 Å². The summed E-state index contributed by atoms with van der Waals surface area (Å²) in [6, 6.07) is 9.73. The van der Waals surface area contributed by atoms with E-state index in [1.54, 1.807) is 27.7 Å². The molecule has 0 aromatic heterocycles. The molecule has 178 valence electrons. The van der Waals surface area contributed by atoms with Crippen LogP contribution in [0.2, 0.25) is 0 Å². The van der Waals surface area contributed by atoms with E-state index in [4.69, 9.17) is 4.74 Å². The Balaban J connectivity index is 2.05. The van der Waals surface area contributed by atoms with Gasteiger partial charge < -0.3 is 19.8 Å². The Kier molecular flexibility index (Phi) is 6.00. The van der Waals surface area contributed by atoms with Crippen LogP contribution < -0.4 is 0 Å². The fourth-order valence-corrected chi connectivity index (χ4v) is 4.12. The average molecular weight is 465 g/mol. The maximum absolute atomic E-state index is 13.1. The predicted octanol–water partition coefficient (Wildman–Crippen LogP) is 4.90. The lowest BCUT2D eigenvalue weighted by molar-refractivity contribution is -0.138. The number of hydrogen-bond donors (Lipinski definition) is 2. The van der Waals surface area contributed by atoms with Crippen molar-refractivity contribution in [3.63, 3.8) is 0 Å². The number of rotatable bonds is 4. The third-order valence-electron chi connectivity index (χ3n) is 5.76. The molecular formula is C24H26F3NO5. The molecule has 1 aliphatic heterocycles. The van der Waals surface area contributed by atoms with E-state index in [2.05, 4.69) is 0 Å². The molecule has 0 aliphatic carbocycles. The van der Waals surface area contributed by atoms with Crippen LogP contribution in [0.5, 0.6) is 0 Å². The maximum Gasteiger partial charge on any atom is 0.416 e. The first kappa shape index (κ1) is 24.6. The Morgan fingerprint density at radius 2 is 1.52 bits per heavy atom. The number of aliphatic hydroxyl groups is 1. The van der Waals surface area contributed by atoms with E-state index >= 15 is 0 Å². The Bertz CT molecular complexity index is 1050. The Hall–Kier alpha value is -3.07. The van der Waals surface area contributed by atoms with E-state index < -0.39 is 40.4 Å². The molecule has 1 aliphatic rings. The first-order valence-electron chi connectivity index (χ1n) is 10.3. The van der Waals surface area contributed by atoms with Gasteiger partial charge in [-0.15, -0.1) is 0 Å². The second-order valence-corrected chi connectivity index (χ2v) is 9.57. The van der Waals surface area contributed by atoms with Crippen LogP contribution in [0.15, 0.2) is 48.5 Å². The normalized spacial score (nSPS) is 17.6. The summed E-state index contributed by atoms with van der Waals surface area (Å²) in [5, 5.41) is 21.4. The molecule has 1 saturated heterocycles. The van der Waals surface area contributed by atoms with E-state index in [0.717, 1.165) is 12.1 Å². The Morgan fingerprint density at radius 3 is 2.00 bits per heavy atom. The fraction of sp³-hybridized carbons (Fsp3) is 0.417. The summed E-state index contributed by atoms with van der Waals surface area (Å²) >= 11 is 0. The topological polar surface area (TPSA) is 87.1 Å². The quantitative estimate of drug-likeness (QED) is 0.671. The maximum atomic E-state index is 13.1. The van der Waals surface area contributed by atoms with Crippen LogP contribution in [-0.4, -0.2) is 45.9 Å².